The first kappa shape index (κ1) is 17.8. The number of rotatable bonds is 5. The van der Waals surface area contributed by atoms with Gasteiger partial charge in [-0.1, -0.05) is 17.8 Å². The Kier molecular flexibility index (Phi) is 5.24. The fourth-order valence-electron chi connectivity index (χ4n) is 3.56. The fourth-order valence-corrected chi connectivity index (χ4v) is 3.94. The van der Waals surface area contributed by atoms with Crippen LogP contribution in [0.2, 0.25) is 0 Å². The van der Waals surface area contributed by atoms with Crippen LogP contribution in [0.3, 0.4) is 0 Å². The fraction of sp³-hybridized carbons (Fsp3) is 0.368. The molecule has 0 bridgehead atoms. The third-order valence-electron chi connectivity index (χ3n) is 4.81. The van der Waals surface area contributed by atoms with E-state index >= 15 is 0 Å². The van der Waals surface area contributed by atoms with E-state index in [1.807, 2.05) is 49.1 Å². The monoisotopic (exact) mass is 381 g/mol. The van der Waals surface area contributed by atoms with Gasteiger partial charge in [0, 0.05) is 43.7 Å². The molecule has 2 N–H and O–H groups in total. The van der Waals surface area contributed by atoms with Crippen LogP contribution in [0.5, 0.6) is 0 Å². The molecule has 0 saturated carbocycles. The molecule has 1 atom stereocenters. The maximum Gasteiger partial charge on any atom is 0.191 e. The van der Waals surface area contributed by atoms with Crippen molar-refractivity contribution in [1.82, 2.24) is 24.5 Å². The van der Waals surface area contributed by atoms with Gasteiger partial charge in [0.15, 0.2) is 5.16 Å². The zero-order valence-corrected chi connectivity index (χ0v) is 16.1. The first-order chi connectivity index (χ1) is 13.2. The lowest BCUT2D eigenvalue weighted by molar-refractivity contribution is 0.472. The first-order valence-corrected chi connectivity index (χ1v) is 10.3. The number of imidazole rings is 1. The van der Waals surface area contributed by atoms with Gasteiger partial charge in [-0.3, -0.25) is 4.98 Å². The molecule has 1 unspecified atom stereocenters. The predicted molar refractivity (Wildman–Crippen MR) is 108 cm³/mol. The van der Waals surface area contributed by atoms with Crippen molar-refractivity contribution in [2.45, 2.75) is 30.5 Å². The summed E-state index contributed by atoms with van der Waals surface area (Å²) in [6, 6.07) is 7.87. The van der Waals surface area contributed by atoms with Crippen molar-refractivity contribution in [2.75, 3.05) is 30.0 Å². The summed E-state index contributed by atoms with van der Waals surface area (Å²) in [5.41, 5.74) is 7.01. The van der Waals surface area contributed by atoms with Crippen molar-refractivity contribution in [2.24, 2.45) is 0 Å². The molecule has 1 aliphatic heterocycles. The third kappa shape index (κ3) is 4.05. The number of thioether (sulfide) groups is 1. The van der Waals surface area contributed by atoms with Crippen molar-refractivity contribution in [1.29, 1.82) is 0 Å². The summed E-state index contributed by atoms with van der Waals surface area (Å²) in [6.07, 6.45) is 9.93. The van der Waals surface area contributed by atoms with Gasteiger partial charge in [-0.25, -0.2) is 15.0 Å². The molecule has 0 spiro atoms. The first-order valence-electron chi connectivity index (χ1n) is 9.07. The number of aromatic nitrogens is 5. The molecular formula is C19H23N7S. The zero-order chi connectivity index (χ0) is 18.6. The minimum atomic E-state index is 0.353. The number of hydrogen-bond donors (Lipinski definition) is 1. The minimum absolute atomic E-state index is 0.353. The number of nitrogen functional groups attached to an aromatic ring is 1. The summed E-state index contributed by atoms with van der Waals surface area (Å²) >= 11 is 1.51. The molecule has 1 saturated heterocycles. The predicted octanol–water partition coefficient (Wildman–Crippen LogP) is 2.80. The van der Waals surface area contributed by atoms with E-state index in [0.29, 0.717) is 16.9 Å². The van der Waals surface area contributed by atoms with Gasteiger partial charge in [-0.15, -0.1) is 0 Å². The highest BCUT2D eigenvalue weighted by molar-refractivity contribution is 7.98. The largest absolute Gasteiger partial charge is 0.383 e. The molecule has 3 aromatic rings. The highest BCUT2D eigenvalue weighted by atomic mass is 32.2. The van der Waals surface area contributed by atoms with Crippen molar-refractivity contribution in [3.05, 3.63) is 54.4 Å². The van der Waals surface area contributed by atoms with Crippen LogP contribution in [0.1, 0.15) is 30.3 Å². The Morgan fingerprint density at radius 1 is 1.22 bits per heavy atom. The Morgan fingerprint density at radius 2 is 2.15 bits per heavy atom. The maximum absolute atomic E-state index is 5.97. The van der Waals surface area contributed by atoms with Crippen LogP contribution in [-0.2, 0) is 6.54 Å². The smallest absolute Gasteiger partial charge is 0.191 e. The molecule has 3 aromatic heterocycles. The molecule has 1 aliphatic rings. The summed E-state index contributed by atoms with van der Waals surface area (Å²) in [5.74, 6) is 2.88. The second-order valence-corrected chi connectivity index (χ2v) is 7.43. The number of piperidine rings is 1. The minimum Gasteiger partial charge on any atom is -0.383 e. The zero-order valence-electron chi connectivity index (χ0n) is 15.3. The normalized spacial score (nSPS) is 17.2. The van der Waals surface area contributed by atoms with Gasteiger partial charge < -0.3 is 15.2 Å². The van der Waals surface area contributed by atoms with Crippen LogP contribution >= 0.6 is 11.8 Å². The Bertz CT molecular complexity index is 896. The third-order valence-corrected chi connectivity index (χ3v) is 5.36. The van der Waals surface area contributed by atoms with E-state index in [1.165, 1.54) is 11.8 Å². The van der Waals surface area contributed by atoms with Crippen molar-refractivity contribution in [3.8, 4) is 0 Å². The van der Waals surface area contributed by atoms with E-state index in [-0.39, 0.29) is 0 Å². The van der Waals surface area contributed by atoms with Gasteiger partial charge in [0.25, 0.3) is 0 Å². The molecule has 140 valence electrons. The van der Waals surface area contributed by atoms with E-state index in [2.05, 4.69) is 29.4 Å². The Hall–Kier alpha value is -2.61. The van der Waals surface area contributed by atoms with E-state index in [9.17, 15) is 0 Å². The number of nitrogens with two attached hydrogens (primary N) is 1. The molecule has 7 nitrogen and oxygen atoms in total. The van der Waals surface area contributed by atoms with E-state index < -0.39 is 0 Å². The molecule has 4 rings (SSSR count). The second kappa shape index (κ2) is 7.96. The van der Waals surface area contributed by atoms with Gasteiger partial charge in [0.05, 0.1) is 12.2 Å². The lowest BCUT2D eigenvalue weighted by Gasteiger charge is -2.33. The van der Waals surface area contributed by atoms with Crippen LogP contribution in [0.4, 0.5) is 11.6 Å². The molecule has 0 aliphatic carbocycles. The Labute approximate surface area is 163 Å². The van der Waals surface area contributed by atoms with E-state index in [4.69, 9.17) is 5.73 Å². The quantitative estimate of drug-likeness (QED) is 0.537. The van der Waals surface area contributed by atoms with Gasteiger partial charge in [0.2, 0.25) is 0 Å². The van der Waals surface area contributed by atoms with Crippen LogP contribution in [0.15, 0.2) is 48.0 Å². The molecular weight excluding hydrogens is 358 g/mol. The van der Waals surface area contributed by atoms with Crippen LogP contribution in [0, 0.1) is 0 Å². The summed E-state index contributed by atoms with van der Waals surface area (Å²) in [7, 11) is 0. The van der Waals surface area contributed by atoms with Crippen molar-refractivity contribution < 1.29 is 0 Å². The second-order valence-electron chi connectivity index (χ2n) is 6.66. The van der Waals surface area contributed by atoms with Gasteiger partial charge in [0.1, 0.15) is 17.5 Å². The van der Waals surface area contributed by atoms with Gasteiger partial charge in [-0.05, 0) is 31.2 Å². The summed E-state index contributed by atoms with van der Waals surface area (Å²) in [4.78, 5) is 20.3. The summed E-state index contributed by atoms with van der Waals surface area (Å²) in [6.45, 7) is 2.59. The lowest BCUT2D eigenvalue weighted by Crippen LogP contribution is -2.36. The maximum atomic E-state index is 5.97. The average Bonchev–Trinajstić information content (AvgIpc) is 3.16. The SMILES string of the molecule is CSc1nc(N)cc(N2CCCC(c3nccn3Cc3ccccn3)C2)n1. The van der Waals surface area contributed by atoms with Gasteiger partial charge >= 0.3 is 0 Å². The Morgan fingerprint density at radius 3 is 2.96 bits per heavy atom. The van der Waals surface area contributed by atoms with E-state index in [0.717, 1.165) is 49.8 Å². The molecule has 4 heterocycles. The summed E-state index contributed by atoms with van der Waals surface area (Å²) in [5, 5.41) is 0.712. The number of nitrogens with zero attached hydrogens (tertiary/aromatic N) is 6. The van der Waals surface area contributed by atoms with E-state index in [1.54, 1.807) is 0 Å². The van der Waals surface area contributed by atoms with Crippen LogP contribution in [-0.4, -0.2) is 43.8 Å². The molecule has 0 aromatic carbocycles. The standard InChI is InChI=1S/C19H23N7S/c1-27-19-23-16(20)11-17(24-19)25-9-4-5-14(12-25)18-22-8-10-26(18)13-15-6-2-3-7-21-15/h2-3,6-8,10-11,14H,4-5,9,12-13H2,1H3,(H2,20,23,24). The summed E-state index contributed by atoms with van der Waals surface area (Å²) < 4.78 is 2.21. The molecule has 1 fully saturated rings. The number of hydrogen-bond acceptors (Lipinski definition) is 7. The van der Waals surface area contributed by atoms with Crippen LogP contribution in [0.25, 0.3) is 0 Å². The highest BCUT2D eigenvalue weighted by Gasteiger charge is 2.26. The topological polar surface area (TPSA) is 85.8 Å². The Balaban J connectivity index is 1.54. The molecule has 0 amide bonds. The molecule has 0 radical (unpaired) electrons. The lowest BCUT2D eigenvalue weighted by atomic mass is 9.97. The van der Waals surface area contributed by atoms with Crippen molar-refractivity contribution in [3.63, 3.8) is 0 Å². The number of pyridine rings is 1. The molecule has 8 heteroatoms. The molecule has 27 heavy (non-hydrogen) atoms. The average molecular weight is 382 g/mol. The van der Waals surface area contributed by atoms with Gasteiger partial charge in [-0.2, -0.15) is 0 Å². The highest BCUT2D eigenvalue weighted by Crippen LogP contribution is 2.30. The number of anilines is 2. The van der Waals surface area contributed by atoms with Crippen LogP contribution < -0.4 is 10.6 Å². The van der Waals surface area contributed by atoms with Crippen molar-refractivity contribution >= 4 is 23.4 Å².